The summed E-state index contributed by atoms with van der Waals surface area (Å²) >= 11 is 0. The van der Waals surface area contributed by atoms with Crippen LogP contribution < -0.4 is 15.6 Å². The van der Waals surface area contributed by atoms with Gasteiger partial charge in [0.15, 0.2) is 8.07 Å². The number of allylic oxidation sites excluding steroid dienone is 4. The molecule has 58 heavy (non-hydrogen) atoms. The highest BCUT2D eigenvalue weighted by Gasteiger charge is 2.48. The molecule has 7 aromatic carbocycles. The van der Waals surface area contributed by atoms with Crippen LogP contribution in [0, 0.1) is 19.8 Å². The second kappa shape index (κ2) is 17.0. The Kier molecular flexibility index (Phi) is 11.4. The lowest BCUT2D eigenvalue weighted by Gasteiger charge is -2.40. The van der Waals surface area contributed by atoms with Crippen molar-refractivity contribution in [1.82, 2.24) is 0 Å². The maximum Gasteiger partial charge on any atom is 0.176 e. The molecular formula is C57H56Si. The number of benzene rings is 7. The van der Waals surface area contributed by atoms with Gasteiger partial charge in [-0.05, 0) is 132 Å². The van der Waals surface area contributed by atoms with E-state index in [1.807, 2.05) is 0 Å². The van der Waals surface area contributed by atoms with E-state index >= 15 is 0 Å². The third kappa shape index (κ3) is 8.15. The van der Waals surface area contributed by atoms with Crippen LogP contribution in [0.15, 0.2) is 198 Å². The summed E-state index contributed by atoms with van der Waals surface area (Å²) in [6, 6.07) is 67.1. The van der Waals surface area contributed by atoms with Crippen LogP contribution in [0.4, 0.5) is 0 Å². The molecule has 0 saturated heterocycles. The van der Waals surface area contributed by atoms with Gasteiger partial charge in [0.2, 0.25) is 0 Å². The van der Waals surface area contributed by atoms with E-state index in [2.05, 4.69) is 217 Å². The SMILES string of the molecule is CC1=C(C)C(C)C([Si](c2cc(C)cc(C)c2)(c2cc(Cc3ccccc3)cc(Cc3ccccc3)c2)c2cc(Cc3ccccc3)cc(Cc3ccccc3)c2)=C1C. The Morgan fingerprint density at radius 3 is 0.948 bits per heavy atom. The van der Waals surface area contributed by atoms with Crippen LogP contribution in [0.2, 0.25) is 0 Å². The van der Waals surface area contributed by atoms with Crippen molar-refractivity contribution < 1.29 is 0 Å². The molecule has 0 aromatic heterocycles. The van der Waals surface area contributed by atoms with Gasteiger partial charge in [-0.15, -0.1) is 0 Å². The molecule has 1 aliphatic rings. The lowest BCUT2D eigenvalue weighted by atomic mass is 9.99. The molecule has 1 aliphatic carbocycles. The van der Waals surface area contributed by atoms with Crippen molar-refractivity contribution in [2.24, 2.45) is 5.92 Å². The minimum atomic E-state index is -3.02. The van der Waals surface area contributed by atoms with Gasteiger partial charge in [-0.25, -0.2) is 0 Å². The quantitative estimate of drug-likeness (QED) is 0.0858. The number of hydrogen-bond donors (Lipinski definition) is 0. The normalized spacial score (nSPS) is 14.3. The monoisotopic (exact) mass is 768 g/mol. The molecule has 0 amide bonds. The second-order valence-electron chi connectivity index (χ2n) is 16.9. The van der Waals surface area contributed by atoms with E-state index in [4.69, 9.17) is 0 Å². The van der Waals surface area contributed by atoms with Crippen molar-refractivity contribution in [1.29, 1.82) is 0 Å². The van der Waals surface area contributed by atoms with E-state index in [1.54, 1.807) is 5.20 Å². The lowest BCUT2D eigenvalue weighted by Crippen LogP contribution is -2.70. The van der Waals surface area contributed by atoms with Crippen LogP contribution in [0.5, 0.6) is 0 Å². The van der Waals surface area contributed by atoms with Crippen molar-refractivity contribution >= 4 is 23.6 Å². The fraction of sp³-hybridized carbons (Fsp3) is 0.193. The van der Waals surface area contributed by atoms with E-state index < -0.39 is 8.07 Å². The van der Waals surface area contributed by atoms with Crippen LogP contribution in [0.1, 0.15) is 83.3 Å². The molecular weight excluding hydrogens is 713 g/mol. The number of aryl methyl sites for hydroxylation is 2. The van der Waals surface area contributed by atoms with Crippen molar-refractivity contribution in [2.45, 2.75) is 67.2 Å². The van der Waals surface area contributed by atoms with E-state index in [-0.39, 0.29) is 0 Å². The molecule has 8 rings (SSSR count). The first kappa shape index (κ1) is 39.1. The number of rotatable bonds is 12. The Bertz CT molecular complexity index is 2320. The molecule has 0 radical (unpaired) electrons. The summed E-state index contributed by atoms with van der Waals surface area (Å²) in [4.78, 5) is 0. The highest BCUT2D eigenvalue weighted by molar-refractivity contribution is 7.16. The molecule has 1 atom stereocenters. The predicted octanol–water partition coefficient (Wildman–Crippen LogP) is 12.0. The van der Waals surface area contributed by atoms with Crippen molar-refractivity contribution in [3.63, 3.8) is 0 Å². The van der Waals surface area contributed by atoms with Gasteiger partial charge in [-0.1, -0.05) is 210 Å². The molecule has 288 valence electrons. The van der Waals surface area contributed by atoms with Gasteiger partial charge >= 0.3 is 0 Å². The first-order valence-electron chi connectivity index (χ1n) is 21.1. The molecule has 0 N–H and O–H groups in total. The van der Waals surface area contributed by atoms with Gasteiger partial charge in [0.05, 0.1) is 0 Å². The van der Waals surface area contributed by atoms with Crippen LogP contribution in [-0.2, 0) is 25.7 Å². The van der Waals surface area contributed by atoms with E-state index in [0.717, 1.165) is 25.7 Å². The summed E-state index contributed by atoms with van der Waals surface area (Å²) in [5.74, 6) is 0.318. The topological polar surface area (TPSA) is 0 Å². The second-order valence-corrected chi connectivity index (χ2v) is 20.7. The summed E-state index contributed by atoms with van der Waals surface area (Å²) in [7, 11) is -3.02. The van der Waals surface area contributed by atoms with Crippen molar-refractivity contribution in [3.8, 4) is 0 Å². The van der Waals surface area contributed by atoms with Crippen molar-refractivity contribution in [3.05, 3.63) is 253 Å². The molecule has 0 saturated carbocycles. The van der Waals surface area contributed by atoms with E-state index in [9.17, 15) is 0 Å². The maximum absolute atomic E-state index is 3.02. The van der Waals surface area contributed by atoms with Crippen LogP contribution in [0.25, 0.3) is 0 Å². The predicted molar refractivity (Wildman–Crippen MR) is 251 cm³/mol. The zero-order valence-electron chi connectivity index (χ0n) is 35.1. The van der Waals surface area contributed by atoms with Gasteiger partial charge in [-0.2, -0.15) is 0 Å². The molecule has 0 heterocycles. The average molecular weight is 769 g/mol. The molecule has 0 fully saturated rings. The van der Waals surface area contributed by atoms with Gasteiger partial charge < -0.3 is 0 Å². The summed E-state index contributed by atoms with van der Waals surface area (Å²) < 4.78 is 0. The minimum Gasteiger partial charge on any atom is -0.0636 e. The van der Waals surface area contributed by atoms with Crippen LogP contribution in [-0.4, -0.2) is 8.07 Å². The Hall–Kier alpha value is -5.76. The first-order chi connectivity index (χ1) is 28.2. The Balaban J connectivity index is 1.48. The lowest BCUT2D eigenvalue weighted by molar-refractivity contribution is 0.851. The van der Waals surface area contributed by atoms with E-state index in [1.165, 1.54) is 87.9 Å². The molecule has 0 spiro atoms. The summed E-state index contributed by atoms with van der Waals surface area (Å²) in [5, 5.41) is 6.10. The minimum absolute atomic E-state index is 0.318. The van der Waals surface area contributed by atoms with Crippen molar-refractivity contribution in [2.75, 3.05) is 0 Å². The van der Waals surface area contributed by atoms with Crippen LogP contribution in [0.3, 0.4) is 0 Å². The van der Waals surface area contributed by atoms with Crippen LogP contribution >= 0.6 is 0 Å². The summed E-state index contributed by atoms with van der Waals surface area (Å²) in [6.45, 7) is 14.3. The van der Waals surface area contributed by atoms with Gasteiger partial charge in [-0.3, -0.25) is 0 Å². The third-order valence-electron chi connectivity index (χ3n) is 12.7. The summed E-state index contributed by atoms with van der Waals surface area (Å²) in [6.07, 6.45) is 3.58. The van der Waals surface area contributed by atoms with Gasteiger partial charge in [0, 0.05) is 0 Å². The molecule has 1 heteroatoms. The van der Waals surface area contributed by atoms with E-state index in [0.29, 0.717) is 5.92 Å². The average Bonchev–Trinajstić information content (AvgIpc) is 3.41. The third-order valence-corrected chi connectivity index (χ3v) is 17.8. The molecule has 0 nitrogen and oxygen atoms in total. The Labute approximate surface area is 348 Å². The molecule has 0 bridgehead atoms. The fourth-order valence-electron chi connectivity index (χ4n) is 9.82. The smallest absolute Gasteiger partial charge is 0.0636 e. The Morgan fingerprint density at radius 2 is 0.655 bits per heavy atom. The highest BCUT2D eigenvalue weighted by Crippen LogP contribution is 2.42. The zero-order chi connectivity index (χ0) is 40.2. The largest absolute Gasteiger partial charge is 0.176 e. The molecule has 0 aliphatic heterocycles. The highest BCUT2D eigenvalue weighted by atomic mass is 28.3. The molecule has 7 aromatic rings. The standard InChI is InChI=1S/C57H56Si/c1-40-27-41(2)29-54(28-40)58(57-44(5)42(3)43(4)45(57)6,55-36-50(30-46-19-11-7-12-20-46)34-51(37-55)31-47-21-13-8-14-22-47)56-38-52(32-48-23-15-9-16-24-48)35-53(39-56)33-49-25-17-10-18-26-49/h7-29,34-39,44H,30-33H2,1-6H3. The fourth-order valence-corrected chi connectivity index (χ4v) is 15.9. The van der Waals surface area contributed by atoms with Gasteiger partial charge in [0.25, 0.3) is 0 Å². The maximum atomic E-state index is 2.63. The van der Waals surface area contributed by atoms with Gasteiger partial charge in [0.1, 0.15) is 0 Å². The first-order valence-corrected chi connectivity index (χ1v) is 23.1. The summed E-state index contributed by atoms with van der Waals surface area (Å²) in [5.41, 5.74) is 18.0. The molecule has 1 unspecified atom stereocenters. The Morgan fingerprint density at radius 1 is 0.345 bits per heavy atom. The number of hydrogen-bond acceptors (Lipinski definition) is 0. The zero-order valence-corrected chi connectivity index (χ0v) is 36.1.